The van der Waals surface area contributed by atoms with Gasteiger partial charge in [0.05, 0.1) is 24.3 Å². The number of hydrogen-bond donors (Lipinski definition) is 1. The van der Waals surface area contributed by atoms with Gasteiger partial charge in [-0.15, -0.1) is 5.10 Å². The van der Waals surface area contributed by atoms with Crippen LogP contribution in [-0.2, 0) is 43.4 Å². The summed E-state index contributed by atoms with van der Waals surface area (Å²) in [5.74, 6) is 0.442. The Labute approximate surface area is 337 Å². The minimum atomic E-state index is -0.843. The number of rotatable bonds is 6. The fourth-order valence-corrected chi connectivity index (χ4v) is 8.32. The van der Waals surface area contributed by atoms with E-state index in [9.17, 15) is 4.79 Å². The molecule has 8 rings (SSSR count). The van der Waals surface area contributed by atoms with Crippen molar-refractivity contribution in [2.45, 2.75) is 102 Å². The number of aryl methyl sites for hydroxylation is 1. The van der Waals surface area contributed by atoms with Gasteiger partial charge < -0.3 is 19.2 Å². The molecule has 0 aliphatic carbocycles. The molecular formula is C45H51FN8O4. The van der Waals surface area contributed by atoms with Crippen molar-refractivity contribution < 1.29 is 23.4 Å². The summed E-state index contributed by atoms with van der Waals surface area (Å²) in [6, 6.07) is 15.5. The topological polar surface area (TPSA) is 135 Å². The zero-order valence-corrected chi connectivity index (χ0v) is 33.9. The number of esters is 1. The van der Waals surface area contributed by atoms with Gasteiger partial charge in [-0.25, -0.2) is 23.5 Å². The molecule has 1 N–H and O–H groups in total. The van der Waals surface area contributed by atoms with Crippen molar-refractivity contribution in [1.82, 2.24) is 39.7 Å². The Kier molecular flexibility index (Phi) is 11.1. The maximum atomic E-state index is 16.8. The number of carbonyl (C=O) groups excluding carboxylic acids is 1. The monoisotopic (exact) mass is 786 g/mol. The lowest BCUT2D eigenvalue weighted by Crippen LogP contribution is -2.26. The number of H-pyrrole nitrogens is 1. The molecule has 58 heavy (non-hydrogen) atoms. The van der Waals surface area contributed by atoms with Crippen LogP contribution in [-0.4, -0.2) is 65.2 Å². The van der Waals surface area contributed by atoms with E-state index in [1.165, 1.54) is 12.1 Å². The van der Waals surface area contributed by atoms with Gasteiger partial charge >= 0.3 is 5.97 Å². The Hall–Kier alpha value is -5.53. The quantitative estimate of drug-likeness (QED) is 0.130. The molecule has 13 heteroatoms. The number of fused-ring (bicyclic) bond motifs is 10. The minimum Gasteiger partial charge on any atom is -0.463 e. The molecule has 0 amide bonds. The zero-order chi connectivity index (χ0) is 40.4. The van der Waals surface area contributed by atoms with Gasteiger partial charge in [0.2, 0.25) is 0 Å². The number of halogens is 1. The van der Waals surface area contributed by atoms with Crippen molar-refractivity contribution in [1.29, 1.82) is 0 Å². The molecule has 2 aromatic carbocycles. The van der Waals surface area contributed by atoms with Crippen LogP contribution in [0.2, 0.25) is 0 Å². The third-order valence-electron chi connectivity index (χ3n) is 11.7. The van der Waals surface area contributed by atoms with Gasteiger partial charge in [-0.05, 0) is 98.5 Å². The van der Waals surface area contributed by atoms with Gasteiger partial charge in [0.25, 0.3) is 0 Å². The molecule has 1 fully saturated rings. The average Bonchev–Trinajstić information content (AvgIpc) is 3.99. The Morgan fingerprint density at radius 3 is 2.78 bits per heavy atom. The molecule has 6 bridgehead atoms. The molecule has 302 valence electrons. The molecule has 4 aromatic heterocycles. The van der Waals surface area contributed by atoms with E-state index >= 15 is 4.39 Å². The number of nitrogens with zero attached hydrogens (tertiary/aromatic N) is 7. The van der Waals surface area contributed by atoms with Crippen LogP contribution in [0.1, 0.15) is 118 Å². The summed E-state index contributed by atoms with van der Waals surface area (Å²) < 4.78 is 38.5. The summed E-state index contributed by atoms with van der Waals surface area (Å²) in [7, 11) is 1.88. The lowest BCUT2D eigenvalue weighted by Gasteiger charge is -2.30. The first-order valence-corrected chi connectivity index (χ1v) is 20.3. The number of aromatic amines is 1. The van der Waals surface area contributed by atoms with Gasteiger partial charge in [-0.2, -0.15) is 5.10 Å². The van der Waals surface area contributed by atoms with E-state index in [0.29, 0.717) is 53.6 Å². The predicted molar refractivity (Wildman–Crippen MR) is 218 cm³/mol. The van der Waals surface area contributed by atoms with Crippen LogP contribution in [0.5, 0.6) is 0 Å². The summed E-state index contributed by atoms with van der Waals surface area (Å²) in [6.45, 7) is 9.53. The first-order valence-electron chi connectivity index (χ1n) is 20.3. The van der Waals surface area contributed by atoms with E-state index < -0.39 is 23.6 Å². The highest BCUT2D eigenvalue weighted by molar-refractivity contribution is 5.87. The van der Waals surface area contributed by atoms with Crippen molar-refractivity contribution >= 4 is 22.9 Å². The highest BCUT2D eigenvalue weighted by Crippen LogP contribution is 2.41. The number of hydrogen-bond acceptors (Lipinski definition) is 9. The molecular weight excluding hydrogens is 736 g/mol. The molecule has 6 heterocycles. The van der Waals surface area contributed by atoms with Crippen molar-refractivity contribution in [2.75, 3.05) is 13.2 Å². The Morgan fingerprint density at radius 1 is 1.09 bits per heavy atom. The lowest BCUT2D eigenvalue weighted by atomic mass is 9.75. The van der Waals surface area contributed by atoms with Crippen molar-refractivity contribution in [3.63, 3.8) is 0 Å². The van der Waals surface area contributed by atoms with E-state index in [-0.39, 0.29) is 17.9 Å². The summed E-state index contributed by atoms with van der Waals surface area (Å²) in [5.41, 5.74) is 5.01. The van der Waals surface area contributed by atoms with Crippen molar-refractivity contribution in [3.05, 3.63) is 118 Å². The third-order valence-corrected chi connectivity index (χ3v) is 11.7. The first kappa shape index (κ1) is 39.3. The zero-order valence-electron chi connectivity index (χ0n) is 33.9. The van der Waals surface area contributed by atoms with Crippen LogP contribution in [0, 0.1) is 5.82 Å². The van der Waals surface area contributed by atoms with Crippen molar-refractivity contribution in [3.8, 4) is 11.5 Å². The molecule has 2 aliphatic rings. The van der Waals surface area contributed by atoms with Gasteiger partial charge in [-0.3, -0.25) is 4.98 Å². The van der Waals surface area contributed by atoms with Gasteiger partial charge in [-0.1, -0.05) is 56.2 Å². The minimum absolute atomic E-state index is 0.283. The SMILES string of the molecule is CCOC(=O)/C=C/c1cccc([C@@]2(C)CCCCC(C)(C)c3cn(nn3)Cc3c(c(F)cc4[nH]ccc34)C(OC3CCCCO3)c3ccnc(c3)-c3nc2nn3C)c1. The summed E-state index contributed by atoms with van der Waals surface area (Å²) in [4.78, 5) is 25.4. The number of aromatic nitrogens is 8. The highest BCUT2D eigenvalue weighted by Gasteiger charge is 2.36. The lowest BCUT2D eigenvalue weighted by molar-refractivity contribution is -0.182. The second-order valence-corrected chi connectivity index (χ2v) is 16.3. The Balaban J connectivity index is 1.28. The maximum Gasteiger partial charge on any atom is 0.330 e. The smallest absolute Gasteiger partial charge is 0.330 e. The molecule has 3 atom stereocenters. The second kappa shape index (κ2) is 16.4. The predicted octanol–water partition coefficient (Wildman–Crippen LogP) is 8.50. The fraction of sp³-hybridized carbons (Fsp3) is 0.422. The summed E-state index contributed by atoms with van der Waals surface area (Å²) in [6.07, 6.45) is 13.4. The Morgan fingerprint density at radius 2 is 1.95 bits per heavy atom. The van der Waals surface area contributed by atoms with Crippen molar-refractivity contribution in [2.24, 2.45) is 7.05 Å². The van der Waals surface area contributed by atoms with Crippen LogP contribution < -0.4 is 0 Å². The van der Waals surface area contributed by atoms with E-state index in [4.69, 9.17) is 29.3 Å². The molecule has 1 saturated heterocycles. The number of nitrogens with one attached hydrogen (secondary N) is 1. The number of carbonyl (C=O) groups is 1. The fourth-order valence-electron chi connectivity index (χ4n) is 8.32. The van der Waals surface area contributed by atoms with Crippen LogP contribution >= 0.6 is 0 Å². The van der Waals surface area contributed by atoms with Crippen LogP contribution in [0.25, 0.3) is 28.5 Å². The average molecular weight is 787 g/mol. The van der Waals surface area contributed by atoms with Gasteiger partial charge in [0, 0.05) is 60.2 Å². The number of pyridine rings is 1. The van der Waals surface area contributed by atoms with E-state index in [0.717, 1.165) is 66.3 Å². The first-order chi connectivity index (χ1) is 28.0. The molecule has 0 radical (unpaired) electrons. The standard InChI is InChI=1S/C45H51FN8O4/c1-6-56-38(55)16-15-29-12-11-13-31(24-29)45(4)20-9-8-19-44(2,3)37-28-54(52-50-37)27-33-32-18-22-47-35(32)26-34(46)40(33)41(58-39-14-7-10-23-57-39)30-17-21-48-36(25-30)42-49-43(45)51-53(42)5/h11-13,15-18,21-22,24-26,28,39,41,47H,6-10,14,19-20,23,27H2,1-5H3/b16-15+/t39?,41?,45-/m1/s1. The molecule has 0 spiro atoms. The molecule has 0 saturated carbocycles. The maximum absolute atomic E-state index is 16.8. The molecule has 6 aromatic rings. The van der Waals surface area contributed by atoms with Crippen LogP contribution in [0.15, 0.2) is 73.2 Å². The van der Waals surface area contributed by atoms with Crippen LogP contribution in [0.4, 0.5) is 4.39 Å². The summed E-state index contributed by atoms with van der Waals surface area (Å²) >= 11 is 0. The molecule has 12 nitrogen and oxygen atoms in total. The number of benzene rings is 2. The largest absolute Gasteiger partial charge is 0.463 e. The second-order valence-electron chi connectivity index (χ2n) is 16.3. The van der Waals surface area contributed by atoms with E-state index in [1.54, 1.807) is 23.9 Å². The number of ether oxygens (including phenoxy) is 3. The van der Waals surface area contributed by atoms with Gasteiger partial charge in [0.1, 0.15) is 17.6 Å². The van der Waals surface area contributed by atoms with E-state index in [2.05, 4.69) is 48.2 Å². The Bertz CT molecular complexity index is 2440. The van der Waals surface area contributed by atoms with Gasteiger partial charge in [0.15, 0.2) is 17.9 Å². The van der Waals surface area contributed by atoms with Crippen LogP contribution in [0.3, 0.4) is 0 Å². The highest BCUT2D eigenvalue weighted by atomic mass is 19.1. The molecule has 2 aliphatic heterocycles. The van der Waals surface area contributed by atoms with E-state index in [1.807, 2.05) is 54.5 Å². The third kappa shape index (κ3) is 7.97. The normalized spacial score (nSPS) is 21.3. The molecule has 2 unspecified atom stereocenters. The summed E-state index contributed by atoms with van der Waals surface area (Å²) in [5, 5.41) is 15.2.